The second-order valence-electron chi connectivity index (χ2n) is 4.57. The summed E-state index contributed by atoms with van der Waals surface area (Å²) in [5, 5.41) is 0. The molecule has 94 valence electrons. The van der Waals surface area contributed by atoms with Crippen molar-refractivity contribution >= 4 is 11.8 Å². The average molecular weight is 257 g/mol. The molecule has 0 bridgehead atoms. The summed E-state index contributed by atoms with van der Waals surface area (Å²) >= 11 is 1.87. The van der Waals surface area contributed by atoms with Gasteiger partial charge in [-0.1, -0.05) is 36.4 Å². The molecule has 0 spiro atoms. The average Bonchev–Trinajstić information content (AvgIpc) is 2.38. The lowest BCUT2D eigenvalue weighted by molar-refractivity contribution is 0.817. The quantitative estimate of drug-likeness (QED) is 0.826. The van der Waals surface area contributed by atoms with Crippen molar-refractivity contribution in [1.82, 2.24) is 0 Å². The number of benzene rings is 2. The molecule has 0 aliphatic rings. The summed E-state index contributed by atoms with van der Waals surface area (Å²) < 4.78 is 0. The van der Waals surface area contributed by atoms with E-state index in [4.69, 9.17) is 5.73 Å². The van der Waals surface area contributed by atoms with Crippen molar-refractivity contribution in [3.63, 3.8) is 0 Å². The van der Waals surface area contributed by atoms with Crippen molar-refractivity contribution in [2.75, 3.05) is 0 Å². The van der Waals surface area contributed by atoms with Gasteiger partial charge in [0, 0.05) is 16.7 Å². The molecule has 0 heterocycles. The van der Waals surface area contributed by atoms with E-state index in [2.05, 4.69) is 55.5 Å². The fraction of sp³-hybridized carbons (Fsp3) is 0.250. The van der Waals surface area contributed by atoms with E-state index in [-0.39, 0.29) is 6.04 Å². The lowest BCUT2D eigenvalue weighted by Gasteiger charge is -2.08. The topological polar surface area (TPSA) is 26.0 Å². The van der Waals surface area contributed by atoms with E-state index in [1.807, 2.05) is 18.7 Å². The van der Waals surface area contributed by atoms with Gasteiger partial charge >= 0.3 is 0 Å². The highest BCUT2D eigenvalue weighted by atomic mass is 32.2. The van der Waals surface area contributed by atoms with Crippen LogP contribution in [0.4, 0.5) is 0 Å². The largest absolute Gasteiger partial charge is 0.324 e. The summed E-state index contributed by atoms with van der Waals surface area (Å²) in [5.74, 6) is 1.02. The molecule has 0 amide bonds. The molecular formula is C16H19NS. The van der Waals surface area contributed by atoms with E-state index in [1.54, 1.807) is 0 Å². The summed E-state index contributed by atoms with van der Waals surface area (Å²) in [6.45, 7) is 4.17. The number of nitrogens with two attached hydrogens (primary N) is 1. The number of hydrogen-bond donors (Lipinski definition) is 1. The zero-order chi connectivity index (χ0) is 13.0. The Kier molecular flexibility index (Phi) is 4.45. The molecule has 18 heavy (non-hydrogen) atoms. The molecule has 1 atom stereocenters. The molecule has 0 aromatic heterocycles. The van der Waals surface area contributed by atoms with Crippen LogP contribution >= 0.6 is 11.8 Å². The number of thioether (sulfide) groups is 1. The van der Waals surface area contributed by atoms with E-state index in [9.17, 15) is 0 Å². The predicted molar refractivity (Wildman–Crippen MR) is 79.8 cm³/mol. The van der Waals surface area contributed by atoms with Gasteiger partial charge in [0.05, 0.1) is 0 Å². The first-order valence-electron chi connectivity index (χ1n) is 6.19. The monoisotopic (exact) mass is 257 g/mol. The van der Waals surface area contributed by atoms with Crippen LogP contribution in [-0.4, -0.2) is 0 Å². The second-order valence-corrected chi connectivity index (χ2v) is 5.62. The Bertz CT molecular complexity index is 503. The first-order valence-corrected chi connectivity index (χ1v) is 7.18. The van der Waals surface area contributed by atoms with Crippen LogP contribution in [0.2, 0.25) is 0 Å². The molecule has 0 radical (unpaired) electrons. The zero-order valence-corrected chi connectivity index (χ0v) is 11.7. The minimum atomic E-state index is 0.111. The molecule has 2 N–H and O–H groups in total. The molecule has 2 aromatic carbocycles. The van der Waals surface area contributed by atoms with Gasteiger partial charge in [-0.15, -0.1) is 11.8 Å². The van der Waals surface area contributed by atoms with Crippen LogP contribution in [0.3, 0.4) is 0 Å². The highest BCUT2D eigenvalue weighted by Gasteiger charge is 2.01. The second kappa shape index (κ2) is 6.07. The van der Waals surface area contributed by atoms with E-state index in [0.717, 1.165) is 5.75 Å². The van der Waals surface area contributed by atoms with Gasteiger partial charge in [0.1, 0.15) is 0 Å². The summed E-state index contributed by atoms with van der Waals surface area (Å²) in [5.41, 5.74) is 9.79. The summed E-state index contributed by atoms with van der Waals surface area (Å²) in [6.07, 6.45) is 0. The third kappa shape index (κ3) is 3.37. The van der Waals surface area contributed by atoms with Crippen molar-refractivity contribution in [1.29, 1.82) is 0 Å². The Morgan fingerprint density at radius 2 is 1.72 bits per heavy atom. The van der Waals surface area contributed by atoms with E-state index in [0.29, 0.717) is 0 Å². The Morgan fingerprint density at radius 1 is 1.06 bits per heavy atom. The van der Waals surface area contributed by atoms with Crippen molar-refractivity contribution in [3.8, 4) is 0 Å². The number of aryl methyl sites for hydroxylation is 1. The van der Waals surface area contributed by atoms with Crippen LogP contribution in [-0.2, 0) is 5.75 Å². The van der Waals surface area contributed by atoms with Gasteiger partial charge in [-0.2, -0.15) is 0 Å². The van der Waals surface area contributed by atoms with Crippen LogP contribution in [0.25, 0.3) is 0 Å². The molecule has 0 saturated carbocycles. The molecule has 0 aliphatic heterocycles. The van der Waals surface area contributed by atoms with Gasteiger partial charge in [0.2, 0.25) is 0 Å². The van der Waals surface area contributed by atoms with E-state index in [1.165, 1.54) is 21.6 Å². The van der Waals surface area contributed by atoms with Crippen LogP contribution in [0.15, 0.2) is 53.4 Å². The SMILES string of the molecule is Cc1ccccc1CSc1ccc([C@@H](C)N)cc1. The van der Waals surface area contributed by atoms with Crippen molar-refractivity contribution in [2.45, 2.75) is 30.5 Å². The maximum absolute atomic E-state index is 5.84. The summed E-state index contributed by atoms with van der Waals surface area (Å²) in [4.78, 5) is 1.29. The molecule has 1 nitrogen and oxygen atoms in total. The molecule has 0 fully saturated rings. The maximum atomic E-state index is 5.84. The number of hydrogen-bond acceptors (Lipinski definition) is 2. The molecule has 0 aliphatic carbocycles. The third-order valence-electron chi connectivity index (χ3n) is 3.06. The van der Waals surface area contributed by atoms with Gasteiger partial charge in [0.15, 0.2) is 0 Å². The highest BCUT2D eigenvalue weighted by Crippen LogP contribution is 2.25. The first kappa shape index (κ1) is 13.2. The minimum Gasteiger partial charge on any atom is -0.324 e. The van der Waals surface area contributed by atoms with Crippen molar-refractivity contribution < 1.29 is 0 Å². The van der Waals surface area contributed by atoms with Crippen molar-refractivity contribution in [2.24, 2.45) is 5.73 Å². The predicted octanol–water partition coefficient (Wildman–Crippen LogP) is 4.31. The Hall–Kier alpha value is -1.25. The molecule has 0 unspecified atom stereocenters. The minimum absolute atomic E-state index is 0.111. The zero-order valence-electron chi connectivity index (χ0n) is 10.9. The molecule has 2 rings (SSSR count). The van der Waals surface area contributed by atoms with Gasteiger partial charge in [-0.25, -0.2) is 0 Å². The molecular weight excluding hydrogens is 238 g/mol. The summed E-state index contributed by atoms with van der Waals surface area (Å²) in [7, 11) is 0. The first-order chi connectivity index (χ1) is 8.66. The molecule has 2 heteroatoms. The van der Waals surface area contributed by atoms with E-state index < -0.39 is 0 Å². The Labute approximate surface area is 113 Å². The van der Waals surface area contributed by atoms with E-state index >= 15 is 0 Å². The van der Waals surface area contributed by atoms with Gasteiger partial charge in [0.25, 0.3) is 0 Å². The third-order valence-corrected chi connectivity index (χ3v) is 4.12. The van der Waals surface area contributed by atoms with Crippen molar-refractivity contribution in [3.05, 3.63) is 65.2 Å². The van der Waals surface area contributed by atoms with Gasteiger partial charge in [-0.3, -0.25) is 0 Å². The van der Waals surface area contributed by atoms with Crippen LogP contribution in [0, 0.1) is 6.92 Å². The molecule has 0 saturated heterocycles. The van der Waals surface area contributed by atoms with Gasteiger partial charge in [-0.05, 0) is 42.7 Å². The van der Waals surface area contributed by atoms with Crippen LogP contribution in [0.1, 0.15) is 29.7 Å². The van der Waals surface area contributed by atoms with Crippen LogP contribution in [0.5, 0.6) is 0 Å². The standard InChI is InChI=1S/C16H19NS/c1-12-5-3-4-6-15(12)11-18-16-9-7-14(8-10-16)13(2)17/h3-10,13H,11,17H2,1-2H3/t13-/m1/s1. The Morgan fingerprint density at radius 3 is 2.33 bits per heavy atom. The van der Waals surface area contributed by atoms with Crippen LogP contribution < -0.4 is 5.73 Å². The molecule has 2 aromatic rings. The lowest BCUT2D eigenvalue weighted by Crippen LogP contribution is -2.04. The smallest absolute Gasteiger partial charge is 0.0266 e. The summed E-state index contributed by atoms with van der Waals surface area (Å²) in [6, 6.07) is 17.2. The number of rotatable bonds is 4. The Balaban J connectivity index is 2.00. The van der Waals surface area contributed by atoms with Gasteiger partial charge < -0.3 is 5.73 Å². The highest BCUT2D eigenvalue weighted by molar-refractivity contribution is 7.98. The normalized spacial score (nSPS) is 12.4. The lowest BCUT2D eigenvalue weighted by atomic mass is 10.1. The maximum Gasteiger partial charge on any atom is 0.0266 e. The fourth-order valence-corrected chi connectivity index (χ4v) is 2.78. The fourth-order valence-electron chi connectivity index (χ4n) is 1.80.